The van der Waals surface area contributed by atoms with Crippen LogP contribution in [0.5, 0.6) is 0 Å². The molecule has 25 heavy (non-hydrogen) atoms. The van der Waals surface area contributed by atoms with Crippen molar-refractivity contribution in [2.75, 3.05) is 10.9 Å². The number of nitrogens with zero attached hydrogens (tertiary/aromatic N) is 2. The molecule has 134 valence electrons. The Morgan fingerprint density at radius 2 is 1.56 bits per heavy atom. The van der Waals surface area contributed by atoms with E-state index in [9.17, 15) is 21.6 Å². The number of halogens is 3. The van der Waals surface area contributed by atoms with Crippen molar-refractivity contribution < 1.29 is 26.4 Å². The van der Waals surface area contributed by atoms with Crippen LogP contribution in [0.4, 0.5) is 18.9 Å². The van der Waals surface area contributed by atoms with E-state index in [1.54, 1.807) is 31.2 Å². The van der Waals surface area contributed by atoms with Gasteiger partial charge in [0.1, 0.15) is 6.61 Å². The van der Waals surface area contributed by atoms with Crippen LogP contribution < -0.4 is 4.31 Å². The third kappa shape index (κ3) is 4.11. The fourth-order valence-electron chi connectivity index (χ4n) is 1.96. The minimum Gasteiger partial charge on any atom is -0.394 e. The Labute approximate surface area is 143 Å². The van der Waals surface area contributed by atoms with Crippen LogP contribution in [-0.4, -0.2) is 26.4 Å². The Kier molecular flexibility index (Phi) is 5.68. The van der Waals surface area contributed by atoms with Crippen molar-refractivity contribution in [3.63, 3.8) is 0 Å². The normalized spacial score (nSPS) is 12.7. The number of alkyl halides is 3. The third-order valence-corrected chi connectivity index (χ3v) is 4.48. The molecule has 0 unspecified atom stereocenters. The molecule has 0 heterocycles. The molecule has 0 fully saturated rings. The van der Waals surface area contributed by atoms with Crippen molar-refractivity contribution in [1.82, 2.24) is 0 Å². The molecular weight excluding hydrogens is 357 g/mol. The Bertz CT molecular complexity index is 823. The van der Waals surface area contributed by atoms with Crippen LogP contribution in [0.25, 0.3) is 0 Å². The Balaban J connectivity index is 2.72. The van der Waals surface area contributed by atoms with Gasteiger partial charge in [0.2, 0.25) is 0 Å². The summed E-state index contributed by atoms with van der Waals surface area (Å²) in [7, 11) is -5.75. The molecule has 0 N–H and O–H groups in total. The van der Waals surface area contributed by atoms with Crippen molar-refractivity contribution in [2.24, 2.45) is 5.16 Å². The summed E-state index contributed by atoms with van der Waals surface area (Å²) in [6.45, 7) is 1.64. The van der Waals surface area contributed by atoms with E-state index in [-0.39, 0.29) is 22.2 Å². The quantitative estimate of drug-likeness (QED) is 0.456. The van der Waals surface area contributed by atoms with Gasteiger partial charge in [0, 0.05) is 5.56 Å². The van der Waals surface area contributed by atoms with E-state index in [4.69, 9.17) is 4.84 Å². The van der Waals surface area contributed by atoms with Crippen LogP contribution in [0.2, 0.25) is 0 Å². The van der Waals surface area contributed by atoms with Gasteiger partial charge >= 0.3 is 15.5 Å². The van der Waals surface area contributed by atoms with Crippen LogP contribution in [0.15, 0.2) is 65.8 Å². The van der Waals surface area contributed by atoms with Crippen molar-refractivity contribution in [3.8, 4) is 0 Å². The fourth-order valence-corrected chi connectivity index (χ4v) is 2.93. The first-order chi connectivity index (χ1) is 11.8. The average molecular weight is 372 g/mol. The number of amidine groups is 1. The molecule has 0 saturated heterocycles. The second kappa shape index (κ2) is 7.56. The lowest BCUT2D eigenvalue weighted by molar-refractivity contribution is -0.0435. The maximum atomic E-state index is 13.2. The molecule has 0 atom stereocenters. The molecule has 0 aliphatic carbocycles. The van der Waals surface area contributed by atoms with Gasteiger partial charge in [0.25, 0.3) is 0 Å². The maximum Gasteiger partial charge on any atom is 0.517 e. The minimum absolute atomic E-state index is 0.0605. The van der Waals surface area contributed by atoms with Gasteiger partial charge in [-0.1, -0.05) is 53.7 Å². The van der Waals surface area contributed by atoms with Gasteiger partial charge in [-0.15, -0.1) is 0 Å². The number of para-hydroxylation sites is 1. The zero-order chi connectivity index (χ0) is 18.5. The molecule has 0 bridgehead atoms. The lowest BCUT2D eigenvalue weighted by Crippen LogP contribution is -2.45. The van der Waals surface area contributed by atoms with Crippen LogP contribution in [0, 0.1) is 0 Å². The monoisotopic (exact) mass is 372 g/mol. The fraction of sp³-hybridized carbons (Fsp3) is 0.188. The number of hydrogen-bond acceptors (Lipinski definition) is 4. The number of oxime groups is 1. The van der Waals surface area contributed by atoms with E-state index in [0.717, 1.165) is 0 Å². The van der Waals surface area contributed by atoms with E-state index >= 15 is 0 Å². The molecule has 0 aromatic heterocycles. The molecule has 5 nitrogen and oxygen atoms in total. The van der Waals surface area contributed by atoms with E-state index in [2.05, 4.69) is 5.16 Å². The van der Waals surface area contributed by atoms with Gasteiger partial charge in [-0.25, -0.2) is 4.31 Å². The van der Waals surface area contributed by atoms with Crippen molar-refractivity contribution in [3.05, 3.63) is 66.2 Å². The van der Waals surface area contributed by atoms with Crippen LogP contribution >= 0.6 is 0 Å². The number of anilines is 1. The predicted octanol–water partition coefficient (Wildman–Crippen LogP) is 3.74. The first kappa shape index (κ1) is 18.8. The number of rotatable bonds is 5. The van der Waals surface area contributed by atoms with Gasteiger partial charge in [-0.05, 0) is 19.1 Å². The van der Waals surface area contributed by atoms with E-state index in [1.807, 2.05) is 0 Å². The van der Waals surface area contributed by atoms with Crippen molar-refractivity contribution >= 4 is 21.5 Å². The number of hydrogen-bond donors (Lipinski definition) is 0. The van der Waals surface area contributed by atoms with Crippen LogP contribution in [0.1, 0.15) is 12.5 Å². The molecule has 0 amide bonds. The second-order valence-electron chi connectivity index (χ2n) is 4.75. The van der Waals surface area contributed by atoms with Gasteiger partial charge in [-0.3, -0.25) is 0 Å². The average Bonchev–Trinajstić information content (AvgIpc) is 2.59. The molecule has 0 radical (unpaired) electrons. The summed E-state index contributed by atoms with van der Waals surface area (Å²) >= 11 is 0. The Morgan fingerprint density at radius 3 is 2.04 bits per heavy atom. The highest BCUT2D eigenvalue weighted by molar-refractivity contribution is 7.94. The highest BCUT2D eigenvalue weighted by Crippen LogP contribution is 2.32. The topological polar surface area (TPSA) is 59.0 Å². The lowest BCUT2D eigenvalue weighted by atomic mass is 10.2. The molecule has 0 spiro atoms. The van der Waals surface area contributed by atoms with Crippen molar-refractivity contribution in [2.45, 2.75) is 12.4 Å². The van der Waals surface area contributed by atoms with E-state index < -0.39 is 21.4 Å². The zero-order valence-electron chi connectivity index (χ0n) is 13.1. The lowest BCUT2D eigenvalue weighted by Gasteiger charge is -2.26. The van der Waals surface area contributed by atoms with Gasteiger partial charge in [0.15, 0.2) is 5.84 Å². The summed E-state index contributed by atoms with van der Waals surface area (Å²) in [5, 5.41) is 3.63. The summed E-state index contributed by atoms with van der Waals surface area (Å²) < 4.78 is 64.3. The van der Waals surface area contributed by atoms with Gasteiger partial charge < -0.3 is 4.84 Å². The minimum atomic E-state index is -5.75. The first-order valence-electron chi connectivity index (χ1n) is 7.21. The summed E-state index contributed by atoms with van der Waals surface area (Å²) in [6.07, 6.45) is 0. The van der Waals surface area contributed by atoms with E-state index in [1.165, 1.54) is 36.4 Å². The molecule has 0 aliphatic heterocycles. The molecule has 2 rings (SSSR count). The predicted molar refractivity (Wildman–Crippen MR) is 88.5 cm³/mol. The van der Waals surface area contributed by atoms with E-state index in [0.29, 0.717) is 0 Å². The van der Waals surface area contributed by atoms with Crippen LogP contribution in [0.3, 0.4) is 0 Å². The van der Waals surface area contributed by atoms with Gasteiger partial charge in [0.05, 0.1) is 5.69 Å². The van der Waals surface area contributed by atoms with Crippen LogP contribution in [-0.2, 0) is 14.9 Å². The number of benzene rings is 2. The molecule has 2 aromatic carbocycles. The molecule has 2 aromatic rings. The first-order valence-corrected chi connectivity index (χ1v) is 8.65. The smallest absolute Gasteiger partial charge is 0.394 e. The number of sulfonamides is 1. The second-order valence-corrected chi connectivity index (χ2v) is 6.53. The van der Waals surface area contributed by atoms with Gasteiger partial charge in [-0.2, -0.15) is 21.6 Å². The third-order valence-electron chi connectivity index (χ3n) is 3.03. The highest BCUT2D eigenvalue weighted by atomic mass is 32.2. The summed E-state index contributed by atoms with van der Waals surface area (Å²) in [5.41, 5.74) is -5.56. The molecule has 9 heteroatoms. The standard InChI is InChI=1S/C16H15F3N2O3S/c1-2-24-20-15(13-9-5-3-6-10-13)21(14-11-7-4-8-12-14)25(22,23)16(17,18)19/h3-12H,2H2,1H3. The largest absolute Gasteiger partial charge is 0.517 e. The van der Waals surface area contributed by atoms with Crippen molar-refractivity contribution in [1.29, 1.82) is 0 Å². The zero-order valence-corrected chi connectivity index (χ0v) is 14.0. The molecule has 0 aliphatic rings. The highest BCUT2D eigenvalue weighted by Gasteiger charge is 2.52. The molecule has 0 saturated carbocycles. The summed E-state index contributed by atoms with van der Waals surface area (Å²) in [5.74, 6) is -0.481. The SMILES string of the molecule is CCON=C(c1ccccc1)N(c1ccccc1)S(=O)(=O)C(F)(F)F. The summed E-state index contributed by atoms with van der Waals surface area (Å²) in [6, 6.07) is 14.5. The Hall–Kier alpha value is -2.55. The summed E-state index contributed by atoms with van der Waals surface area (Å²) in [4.78, 5) is 4.87. The Morgan fingerprint density at radius 1 is 1.04 bits per heavy atom. The maximum absolute atomic E-state index is 13.2. The molecular formula is C16H15F3N2O3S.